The number of rotatable bonds is 48. The molecule has 61 heavy (non-hydrogen) atoms. The van der Waals surface area contributed by atoms with Crippen molar-refractivity contribution in [1.82, 2.24) is 0 Å². The third kappa shape index (κ3) is 44.6. The summed E-state index contributed by atoms with van der Waals surface area (Å²) in [4.78, 5) is 46.1. The molecule has 360 valence electrons. The van der Waals surface area contributed by atoms with Crippen molar-refractivity contribution >= 4 is 25.7 Å². The third-order valence-corrected chi connectivity index (χ3v) is 12.2. The van der Waals surface area contributed by atoms with E-state index in [9.17, 15) is 23.8 Å². The Morgan fingerprint density at radius 1 is 0.492 bits per heavy atom. The summed E-state index contributed by atoms with van der Waals surface area (Å²) < 4.78 is 32.8. The van der Waals surface area contributed by atoms with Gasteiger partial charge in [0.2, 0.25) is 0 Å². The molecule has 0 aliphatic heterocycles. The number of phosphoric acid groups is 1. The van der Waals surface area contributed by atoms with Crippen molar-refractivity contribution < 1.29 is 47.5 Å². The van der Waals surface area contributed by atoms with Gasteiger partial charge in [-0.25, -0.2) is 4.57 Å². The van der Waals surface area contributed by atoms with Crippen LogP contribution in [-0.2, 0) is 37.5 Å². The first-order valence-electron chi connectivity index (χ1n) is 25.2. The molecule has 0 saturated heterocycles. The number of carbonyl (C=O) groups excluding carboxylic acids is 2. The number of phosphoric ester groups is 1. The molecule has 0 fully saturated rings. The van der Waals surface area contributed by atoms with Crippen LogP contribution >= 0.6 is 7.82 Å². The molecule has 0 saturated carbocycles. The highest BCUT2D eigenvalue weighted by molar-refractivity contribution is 7.47. The number of unbranched alkanes of at least 4 members (excludes halogenated alkanes) is 32. The molecule has 0 aromatic rings. The van der Waals surface area contributed by atoms with Gasteiger partial charge < -0.3 is 25.2 Å². The Kier molecular flexibility index (Phi) is 43.5. The van der Waals surface area contributed by atoms with Crippen LogP contribution in [0.4, 0.5) is 0 Å². The Morgan fingerprint density at radius 3 is 1.20 bits per heavy atom. The minimum atomic E-state index is -4.72. The van der Waals surface area contributed by atoms with Crippen LogP contribution in [0.5, 0.6) is 0 Å². The summed E-state index contributed by atoms with van der Waals surface area (Å²) in [5.74, 6) is -2.36. The summed E-state index contributed by atoms with van der Waals surface area (Å²) in [6.07, 6.45) is 47.0. The molecule has 0 spiro atoms. The highest BCUT2D eigenvalue weighted by Gasteiger charge is 2.28. The molecule has 3 atom stereocenters. The van der Waals surface area contributed by atoms with Crippen LogP contribution in [0.3, 0.4) is 0 Å². The van der Waals surface area contributed by atoms with Crippen molar-refractivity contribution in [3.8, 4) is 0 Å². The molecule has 0 radical (unpaired) electrons. The predicted octanol–water partition coefficient (Wildman–Crippen LogP) is 14.0. The number of esters is 2. The van der Waals surface area contributed by atoms with E-state index in [0.29, 0.717) is 12.8 Å². The molecule has 4 N–H and O–H groups in total. The van der Waals surface area contributed by atoms with Gasteiger partial charge >= 0.3 is 25.7 Å². The molecule has 0 amide bonds. The lowest BCUT2D eigenvalue weighted by Gasteiger charge is -2.20. The van der Waals surface area contributed by atoms with E-state index in [2.05, 4.69) is 30.5 Å². The quantitative estimate of drug-likeness (QED) is 0.0230. The average molecular weight is 888 g/mol. The molecule has 0 aromatic heterocycles. The SMILES string of the molecule is CCCCCCCCCC/C=C\CCCCCCCCCCCC(=O)OC(COC(=O)CCCCCCCCCCCCCCCCCC)COP(=O)(O)OCC(N)C(=O)O. The van der Waals surface area contributed by atoms with E-state index in [1.54, 1.807) is 0 Å². The Morgan fingerprint density at radius 2 is 0.820 bits per heavy atom. The van der Waals surface area contributed by atoms with E-state index in [1.807, 2.05) is 0 Å². The van der Waals surface area contributed by atoms with Crippen LogP contribution in [-0.4, -0.2) is 59.9 Å². The standard InChI is InChI=1S/C49H94NO10P/c1-3-5-7-9-11-13-15-17-19-21-22-23-24-25-27-29-31-33-35-37-39-41-48(52)60-45(43-58-61(55,56)59-44-46(50)49(53)54)42-57-47(51)40-38-36-34-32-30-28-26-20-18-16-14-12-10-8-6-4-2/h21-22,45-46H,3-20,23-44,50H2,1-2H3,(H,53,54)(H,55,56)/b22-21-. The maximum atomic E-state index is 12.7. The van der Waals surface area contributed by atoms with Gasteiger partial charge in [0, 0.05) is 12.8 Å². The zero-order valence-electron chi connectivity index (χ0n) is 39.3. The fourth-order valence-electron chi connectivity index (χ4n) is 7.30. The van der Waals surface area contributed by atoms with Crippen molar-refractivity contribution in [2.24, 2.45) is 5.73 Å². The highest BCUT2D eigenvalue weighted by atomic mass is 31.2. The first-order chi connectivity index (χ1) is 29.6. The molecule has 3 unspecified atom stereocenters. The topological polar surface area (TPSA) is 172 Å². The number of hydrogen-bond acceptors (Lipinski definition) is 9. The Labute approximate surface area is 373 Å². The lowest BCUT2D eigenvalue weighted by Crippen LogP contribution is -2.34. The zero-order valence-corrected chi connectivity index (χ0v) is 40.2. The summed E-state index contributed by atoms with van der Waals surface area (Å²) in [6, 6.07) is -1.52. The van der Waals surface area contributed by atoms with Gasteiger partial charge in [0.1, 0.15) is 12.6 Å². The Bertz CT molecular complexity index is 1090. The lowest BCUT2D eigenvalue weighted by molar-refractivity contribution is -0.161. The Balaban J connectivity index is 4.22. The van der Waals surface area contributed by atoms with Crippen molar-refractivity contribution in [2.75, 3.05) is 19.8 Å². The van der Waals surface area contributed by atoms with Crippen LogP contribution in [0.2, 0.25) is 0 Å². The largest absolute Gasteiger partial charge is 0.480 e. The number of allylic oxidation sites excluding steroid dienone is 2. The van der Waals surface area contributed by atoms with Crippen molar-refractivity contribution in [3.63, 3.8) is 0 Å². The number of carboxylic acid groups (broad SMARTS) is 1. The van der Waals surface area contributed by atoms with E-state index in [-0.39, 0.29) is 19.4 Å². The number of carboxylic acids is 1. The second kappa shape index (κ2) is 44.8. The minimum Gasteiger partial charge on any atom is -0.480 e. The van der Waals surface area contributed by atoms with E-state index >= 15 is 0 Å². The van der Waals surface area contributed by atoms with E-state index in [4.69, 9.17) is 24.8 Å². The molecular weight excluding hydrogens is 794 g/mol. The van der Waals surface area contributed by atoms with Gasteiger partial charge in [0.15, 0.2) is 6.10 Å². The lowest BCUT2D eigenvalue weighted by atomic mass is 10.0. The molecule has 0 heterocycles. The summed E-state index contributed by atoms with van der Waals surface area (Å²) in [7, 11) is -4.72. The summed E-state index contributed by atoms with van der Waals surface area (Å²) in [6.45, 7) is 2.85. The minimum absolute atomic E-state index is 0.164. The second-order valence-corrected chi connectivity index (χ2v) is 18.8. The molecular formula is C49H94NO10P. The van der Waals surface area contributed by atoms with Crippen LogP contribution in [0.25, 0.3) is 0 Å². The maximum absolute atomic E-state index is 12.7. The van der Waals surface area contributed by atoms with Gasteiger partial charge in [0.05, 0.1) is 13.2 Å². The molecule has 12 heteroatoms. The smallest absolute Gasteiger partial charge is 0.472 e. The predicted molar refractivity (Wildman–Crippen MR) is 249 cm³/mol. The first-order valence-corrected chi connectivity index (χ1v) is 26.7. The second-order valence-electron chi connectivity index (χ2n) is 17.3. The number of aliphatic carboxylic acids is 1. The van der Waals surface area contributed by atoms with E-state index in [1.165, 1.54) is 173 Å². The summed E-state index contributed by atoms with van der Waals surface area (Å²) in [5, 5.41) is 8.91. The van der Waals surface area contributed by atoms with Crippen molar-refractivity contribution in [2.45, 2.75) is 264 Å². The average Bonchev–Trinajstić information content (AvgIpc) is 3.24. The van der Waals surface area contributed by atoms with Gasteiger partial charge in [-0.05, 0) is 38.5 Å². The number of hydrogen-bond donors (Lipinski definition) is 3. The molecule has 11 nitrogen and oxygen atoms in total. The first kappa shape index (κ1) is 59.2. The molecule has 0 aliphatic carbocycles. The van der Waals surface area contributed by atoms with E-state index < -0.39 is 51.1 Å². The van der Waals surface area contributed by atoms with Crippen LogP contribution in [0.1, 0.15) is 251 Å². The molecule has 0 bridgehead atoms. The monoisotopic (exact) mass is 888 g/mol. The van der Waals surface area contributed by atoms with Crippen LogP contribution in [0.15, 0.2) is 12.2 Å². The van der Waals surface area contributed by atoms with Crippen LogP contribution in [0, 0.1) is 0 Å². The van der Waals surface area contributed by atoms with Gasteiger partial charge in [0.25, 0.3) is 0 Å². The number of nitrogens with two attached hydrogens (primary N) is 1. The van der Waals surface area contributed by atoms with Gasteiger partial charge in [-0.15, -0.1) is 0 Å². The fourth-order valence-corrected chi connectivity index (χ4v) is 8.08. The van der Waals surface area contributed by atoms with Gasteiger partial charge in [-0.2, -0.15) is 0 Å². The Hall–Kier alpha value is -1.78. The fraction of sp³-hybridized carbons (Fsp3) is 0.898. The van der Waals surface area contributed by atoms with E-state index in [0.717, 1.165) is 38.5 Å². The summed E-state index contributed by atoms with van der Waals surface area (Å²) in [5.41, 5.74) is 5.35. The maximum Gasteiger partial charge on any atom is 0.472 e. The molecule has 0 aliphatic rings. The number of carbonyl (C=O) groups is 3. The van der Waals surface area contributed by atoms with Crippen LogP contribution < -0.4 is 5.73 Å². The van der Waals surface area contributed by atoms with Crippen molar-refractivity contribution in [1.29, 1.82) is 0 Å². The van der Waals surface area contributed by atoms with Gasteiger partial charge in [-0.3, -0.25) is 23.4 Å². The van der Waals surface area contributed by atoms with Crippen molar-refractivity contribution in [3.05, 3.63) is 12.2 Å². The number of ether oxygens (including phenoxy) is 2. The van der Waals surface area contributed by atoms with Gasteiger partial charge in [-0.1, -0.05) is 212 Å². The summed E-state index contributed by atoms with van der Waals surface area (Å²) >= 11 is 0. The third-order valence-electron chi connectivity index (χ3n) is 11.3. The molecule has 0 rings (SSSR count). The normalized spacial score (nSPS) is 13.6. The zero-order chi connectivity index (χ0) is 44.9. The molecule has 0 aromatic carbocycles. The highest BCUT2D eigenvalue weighted by Crippen LogP contribution is 2.43.